The molecule has 3 heteroatoms. The van der Waals surface area contributed by atoms with Gasteiger partial charge in [0.15, 0.2) is 5.78 Å². The lowest BCUT2D eigenvalue weighted by Crippen LogP contribution is -2.15. The maximum atomic E-state index is 11.5. The Hall–Kier alpha value is -1.38. The van der Waals surface area contributed by atoms with Crippen molar-refractivity contribution in [2.45, 2.75) is 58.0 Å². The molecule has 18 heavy (non-hydrogen) atoms. The lowest BCUT2D eigenvalue weighted by atomic mass is 10.1. The lowest BCUT2D eigenvalue weighted by Gasteiger charge is -2.16. The molecular formula is C15H21NO2. The van der Waals surface area contributed by atoms with Crippen LogP contribution in [0.25, 0.3) is 0 Å². The summed E-state index contributed by atoms with van der Waals surface area (Å²) in [6.45, 7) is 1.85. The zero-order valence-corrected chi connectivity index (χ0v) is 11.0. The first-order valence-corrected chi connectivity index (χ1v) is 6.95. The molecule has 1 aliphatic rings. The second-order valence-corrected chi connectivity index (χ2v) is 4.89. The third kappa shape index (κ3) is 3.56. The zero-order chi connectivity index (χ0) is 12.8. The molecule has 0 aliphatic heterocycles. The van der Waals surface area contributed by atoms with Gasteiger partial charge in [-0.15, -0.1) is 0 Å². The molecule has 0 aromatic carbocycles. The molecule has 1 aromatic rings. The molecular weight excluding hydrogens is 226 g/mol. The van der Waals surface area contributed by atoms with E-state index in [-0.39, 0.29) is 5.78 Å². The fourth-order valence-corrected chi connectivity index (χ4v) is 2.35. The number of Topliss-reactive ketones (excluding diaryl/α,β-unsaturated/α-hetero) is 1. The van der Waals surface area contributed by atoms with Crippen LogP contribution < -0.4 is 4.74 Å². The predicted octanol–water partition coefficient (Wildman–Crippen LogP) is 3.78. The van der Waals surface area contributed by atoms with Crippen LogP contribution in [0, 0.1) is 0 Å². The Kier molecular flexibility index (Phi) is 4.73. The van der Waals surface area contributed by atoms with E-state index in [0.29, 0.717) is 18.2 Å². The summed E-state index contributed by atoms with van der Waals surface area (Å²) in [5.41, 5.74) is 0.533. The van der Waals surface area contributed by atoms with Crippen molar-refractivity contribution >= 4 is 5.78 Å². The zero-order valence-electron chi connectivity index (χ0n) is 11.0. The van der Waals surface area contributed by atoms with Crippen molar-refractivity contribution in [2.75, 3.05) is 0 Å². The van der Waals surface area contributed by atoms with Crippen molar-refractivity contribution < 1.29 is 9.53 Å². The summed E-state index contributed by atoms with van der Waals surface area (Å²) in [5, 5.41) is 0. The molecule has 98 valence electrons. The van der Waals surface area contributed by atoms with E-state index in [4.69, 9.17) is 4.74 Å². The minimum absolute atomic E-state index is 0.0796. The number of carbonyl (C=O) groups excluding carboxylic acids is 1. The van der Waals surface area contributed by atoms with E-state index in [9.17, 15) is 4.79 Å². The molecule has 1 aromatic heterocycles. The number of hydrogen-bond donors (Lipinski definition) is 0. The van der Waals surface area contributed by atoms with Crippen LogP contribution in [-0.2, 0) is 0 Å². The van der Waals surface area contributed by atoms with Crippen molar-refractivity contribution in [2.24, 2.45) is 0 Å². The van der Waals surface area contributed by atoms with E-state index in [1.807, 2.05) is 13.0 Å². The quantitative estimate of drug-likeness (QED) is 0.600. The van der Waals surface area contributed by atoms with Crippen molar-refractivity contribution in [3.8, 4) is 5.75 Å². The van der Waals surface area contributed by atoms with Gasteiger partial charge in [0.05, 0.1) is 12.3 Å². The largest absolute Gasteiger partial charge is 0.489 e. The van der Waals surface area contributed by atoms with E-state index in [0.717, 1.165) is 18.6 Å². The number of aromatic nitrogens is 1. The third-order valence-corrected chi connectivity index (χ3v) is 3.45. The van der Waals surface area contributed by atoms with E-state index in [1.54, 1.807) is 12.3 Å². The molecule has 0 N–H and O–H groups in total. The van der Waals surface area contributed by atoms with Crippen LogP contribution >= 0.6 is 0 Å². The molecule has 0 saturated heterocycles. The molecule has 0 radical (unpaired) electrons. The Morgan fingerprint density at radius 2 is 2.00 bits per heavy atom. The molecule has 1 fully saturated rings. The topological polar surface area (TPSA) is 39.2 Å². The molecule has 0 atom stereocenters. The summed E-state index contributed by atoms with van der Waals surface area (Å²) < 4.78 is 5.93. The van der Waals surface area contributed by atoms with Gasteiger partial charge >= 0.3 is 0 Å². The average molecular weight is 247 g/mol. The van der Waals surface area contributed by atoms with Crippen LogP contribution in [0.3, 0.4) is 0 Å². The summed E-state index contributed by atoms with van der Waals surface area (Å²) in [4.78, 5) is 15.6. The first-order chi connectivity index (χ1) is 8.79. The van der Waals surface area contributed by atoms with Crippen LogP contribution in [0.5, 0.6) is 5.75 Å². The molecule has 0 amide bonds. The van der Waals surface area contributed by atoms with Gasteiger partial charge in [0.1, 0.15) is 11.4 Å². The summed E-state index contributed by atoms with van der Waals surface area (Å²) in [5.74, 6) is 0.866. The summed E-state index contributed by atoms with van der Waals surface area (Å²) in [6.07, 6.45) is 9.91. The van der Waals surface area contributed by atoms with Crippen LogP contribution in [0.15, 0.2) is 18.3 Å². The Morgan fingerprint density at radius 1 is 1.28 bits per heavy atom. The number of carbonyl (C=O) groups is 1. The monoisotopic (exact) mass is 247 g/mol. The SMILES string of the molecule is CCC(=O)c1ccc(OC2CCCCCC2)cn1. The Morgan fingerprint density at radius 3 is 2.56 bits per heavy atom. The summed E-state index contributed by atoms with van der Waals surface area (Å²) in [7, 11) is 0. The highest BCUT2D eigenvalue weighted by Gasteiger charge is 2.14. The second kappa shape index (κ2) is 6.53. The predicted molar refractivity (Wildman–Crippen MR) is 71.0 cm³/mol. The van der Waals surface area contributed by atoms with Gasteiger partial charge in [0, 0.05) is 6.42 Å². The summed E-state index contributed by atoms with van der Waals surface area (Å²) >= 11 is 0. The average Bonchev–Trinajstić information content (AvgIpc) is 2.67. The third-order valence-electron chi connectivity index (χ3n) is 3.45. The van der Waals surface area contributed by atoms with Crippen LogP contribution in [0.1, 0.15) is 62.4 Å². The highest BCUT2D eigenvalue weighted by molar-refractivity contribution is 5.93. The van der Waals surface area contributed by atoms with Gasteiger partial charge in [-0.3, -0.25) is 4.79 Å². The van der Waals surface area contributed by atoms with Crippen molar-refractivity contribution in [3.05, 3.63) is 24.0 Å². The highest BCUT2D eigenvalue weighted by Crippen LogP contribution is 2.22. The van der Waals surface area contributed by atoms with Crippen LogP contribution in [0.4, 0.5) is 0 Å². The molecule has 0 spiro atoms. The normalized spacial score (nSPS) is 17.2. The van der Waals surface area contributed by atoms with Gasteiger partial charge < -0.3 is 4.74 Å². The first-order valence-electron chi connectivity index (χ1n) is 6.95. The number of ketones is 1. The lowest BCUT2D eigenvalue weighted by molar-refractivity contribution is 0.0983. The van der Waals surface area contributed by atoms with Crippen LogP contribution in [0.2, 0.25) is 0 Å². The Labute approximate surface area is 109 Å². The maximum Gasteiger partial charge on any atom is 0.180 e. The van der Waals surface area contributed by atoms with Gasteiger partial charge in [-0.1, -0.05) is 19.8 Å². The highest BCUT2D eigenvalue weighted by atomic mass is 16.5. The van der Waals surface area contributed by atoms with Crippen molar-refractivity contribution in [1.29, 1.82) is 0 Å². The molecule has 0 unspecified atom stereocenters. The Bertz CT molecular complexity index is 378. The molecule has 1 aliphatic carbocycles. The van der Waals surface area contributed by atoms with Gasteiger partial charge in [0.25, 0.3) is 0 Å². The van der Waals surface area contributed by atoms with Gasteiger partial charge in [-0.25, -0.2) is 4.98 Å². The van der Waals surface area contributed by atoms with E-state index >= 15 is 0 Å². The van der Waals surface area contributed by atoms with E-state index < -0.39 is 0 Å². The minimum atomic E-state index is 0.0796. The number of hydrogen-bond acceptors (Lipinski definition) is 3. The van der Waals surface area contributed by atoms with Crippen molar-refractivity contribution in [1.82, 2.24) is 4.98 Å². The second-order valence-electron chi connectivity index (χ2n) is 4.89. The number of nitrogens with zero attached hydrogens (tertiary/aromatic N) is 1. The van der Waals surface area contributed by atoms with Gasteiger partial charge in [-0.2, -0.15) is 0 Å². The number of pyridine rings is 1. The fourth-order valence-electron chi connectivity index (χ4n) is 2.35. The smallest absolute Gasteiger partial charge is 0.180 e. The van der Waals surface area contributed by atoms with Crippen molar-refractivity contribution in [3.63, 3.8) is 0 Å². The Balaban J connectivity index is 1.94. The maximum absolute atomic E-state index is 11.5. The number of rotatable bonds is 4. The minimum Gasteiger partial charge on any atom is -0.489 e. The van der Waals surface area contributed by atoms with E-state index in [2.05, 4.69) is 4.98 Å². The molecule has 3 nitrogen and oxygen atoms in total. The molecule has 0 bridgehead atoms. The summed E-state index contributed by atoms with van der Waals surface area (Å²) in [6, 6.07) is 3.62. The van der Waals surface area contributed by atoms with E-state index in [1.165, 1.54) is 25.7 Å². The molecule has 1 heterocycles. The number of ether oxygens (including phenoxy) is 1. The first kappa shape index (κ1) is 13.1. The molecule has 1 saturated carbocycles. The van der Waals surface area contributed by atoms with Gasteiger partial charge in [-0.05, 0) is 37.8 Å². The standard InChI is InChI=1S/C15H21NO2/c1-2-15(17)14-10-9-13(11-16-14)18-12-7-5-3-4-6-8-12/h9-12H,2-8H2,1H3. The fraction of sp³-hybridized carbons (Fsp3) is 0.600. The van der Waals surface area contributed by atoms with Gasteiger partial charge in [0.2, 0.25) is 0 Å². The van der Waals surface area contributed by atoms with Crippen LogP contribution in [-0.4, -0.2) is 16.9 Å². The molecule has 2 rings (SSSR count).